The number of nitrogens with one attached hydrogen (secondary N) is 1. The predicted molar refractivity (Wildman–Crippen MR) is 66.6 cm³/mol. The van der Waals surface area contributed by atoms with Crippen LogP contribution in [0.25, 0.3) is 0 Å². The number of hydrogen-bond acceptors (Lipinski definition) is 5. The Hall–Kier alpha value is -2.43. The van der Waals surface area contributed by atoms with Gasteiger partial charge >= 0.3 is 0 Å². The molecule has 0 aliphatic rings. The van der Waals surface area contributed by atoms with Gasteiger partial charge in [-0.25, -0.2) is 4.98 Å². The van der Waals surface area contributed by atoms with Crippen molar-refractivity contribution >= 4 is 17.1 Å². The number of nitrogens with two attached hydrogens (primary N) is 1. The van der Waals surface area contributed by atoms with Crippen LogP contribution in [0.3, 0.4) is 0 Å². The zero-order valence-corrected chi connectivity index (χ0v) is 9.34. The van der Waals surface area contributed by atoms with E-state index >= 15 is 0 Å². The summed E-state index contributed by atoms with van der Waals surface area (Å²) in [7, 11) is 1.54. The number of aromatic nitrogens is 1. The number of methoxy groups -OCH3 is 1. The molecule has 5 heteroatoms. The molecule has 0 unspecified atom stereocenters. The van der Waals surface area contributed by atoms with Crippen LogP contribution >= 0.6 is 0 Å². The van der Waals surface area contributed by atoms with E-state index in [1.807, 2.05) is 6.07 Å². The zero-order valence-electron chi connectivity index (χ0n) is 9.34. The number of aromatic hydroxyl groups is 1. The van der Waals surface area contributed by atoms with E-state index in [0.29, 0.717) is 17.3 Å². The van der Waals surface area contributed by atoms with Gasteiger partial charge in [0.1, 0.15) is 5.75 Å². The Bertz CT molecular complexity index is 529. The summed E-state index contributed by atoms with van der Waals surface area (Å²) in [6.07, 6.45) is 1.52. The van der Waals surface area contributed by atoms with Gasteiger partial charge in [-0.2, -0.15) is 0 Å². The molecular weight excluding hydrogens is 218 g/mol. The molecule has 0 amide bonds. The maximum atomic E-state index is 9.35. The number of nitrogens with zero attached hydrogens (tertiary/aromatic N) is 1. The minimum absolute atomic E-state index is 0.189. The molecule has 0 aliphatic heterocycles. The van der Waals surface area contributed by atoms with Crippen molar-refractivity contribution in [1.82, 2.24) is 4.98 Å². The molecule has 0 atom stereocenters. The van der Waals surface area contributed by atoms with Gasteiger partial charge in [0, 0.05) is 17.8 Å². The number of benzene rings is 1. The van der Waals surface area contributed by atoms with E-state index in [-0.39, 0.29) is 5.75 Å². The van der Waals surface area contributed by atoms with E-state index in [4.69, 9.17) is 10.5 Å². The molecule has 0 radical (unpaired) electrons. The first-order chi connectivity index (χ1) is 8.19. The Balaban J connectivity index is 2.29. The van der Waals surface area contributed by atoms with Crippen LogP contribution in [0, 0.1) is 0 Å². The van der Waals surface area contributed by atoms with Crippen LogP contribution in [-0.4, -0.2) is 17.2 Å². The van der Waals surface area contributed by atoms with E-state index in [1.54, 1.807) is 24.3 Å². The second-order valence-electron chi connectivity index (χ2n) is 3.49. The number of hydrogen-bond donors (Lipinski definition) is 3. The maximum Gasteiger partial charge on any atom is 0.215 e. The normalized spacial score (nSPS) is 9.94. The first-order valence-corrected chi connectivity index (χ1v) is 5.04. The lowest BCUT2D eigenvalue weighted by Crippen LogP contribution is -1.98. The third-order valence-electron chi connectivity index (χ3n) is 2.24. The molecule has 0 aliphatic carbocycles. The molecule has 0 saturated carbocycles. The SMILES string of the molecule is COc1cc(Nc2cccc(O)c2)c(N)cn1. The summed E-state index contributed by atoms with van der Waals surface area (Å²) >= 11 is 0. The number of nitrogen functional groups attached to an aromatic ring is 1. The molecule has 0 bridgehead atoms. The third-order valence-corrected chi connectivity index (χ3v) is 2.24. The largest absolute Gasteiger partial charge is 0.508 e. The van der Waals surface area contributed by atoms with Crippen molar-refractivity contribution in [2.45, 2.75) is 0 Å². The number of anilines is 3. The molecule has 1 aromatic carbocycles. The fourth-order valence-electron chi connectivity index (χ4n) is 1.41. The first kappa shape index (κ1) is 11.1. The second kappa shape index (κ2) is 4.61. The van der Waals surface area contributed by atoms with Crippen molar-refractivity contribution in [3.8, 4) is 11.6 Å². The smallest absolute Gasteiger partial charge is 0.215 e. The highest BCUT2D eigenvalue weighted by atomic mass is 16.5. The lowest BCUT2D eigenvalue weighted by atomic mass is 10.2. The second-order valence-corrected chi connectivity index (χ2v) is 3.49. The number of pyridine rings is 1. The van der Waals surface area contributed by atoms with E-state index < -0.39 is 0 Å². The molecule has 2 rings (SSSR count). The van der Waals surface area contributed by atoms with Gasteiger partial charge < -0.3 is 20.9 Å². The highest BCUT2D eigenvalue weighted by Crippen LogP contribution is 2.26. The van der Waals surface area contributed by atoms with Crippen molar-refractivity contribution in [1.29, 1.82) is 0 Å². The van der Waals surface area contributed by atoms with Crippen LogP contribution in [0.4, 0.5) is 17.1 Å². The van der Waals surface area contributed by atoms with Gasteiger partial charge in [-0.15, -0.1) is 0 Å². The van der Waals surface area contributed by atoms with Crippen LogP contribution < -0.4 is 15.8 Å². The lowest BCUT2D eigenvalue weighted by molar-refractivity contribution is 0.398. The van der Waals surface area contributed by atoms with Crippen molar-refractivity contribution in [3.05, 3.63) is 36.5 Å². The van der Waals surface area contributed by atoms with Crippen LogP contribution in [-0.2, 0) is 0 Å². The molecular formula is C12H13N3O2. The van der Waals surface area contributed by atoms with Gasteiger partial charge in [-0.1, -0.05) is 6.07 Å². The molecule has 5 nitrogen and oxygen atoms in total. The highest BCUT2D eigenvalue weighted by Gasteiger charge is 2.03. The number of phenols is 1. The van der Waals surface area contributed by atoms with Crippen molar-refractivity contribution in [2.24, 2.45) is 0 Å². The minimum atomic E-state index is 0.189. The topological polar surface area (TPSA) is 80.4 Å². The average Bonchev–Trinajstić information content (AvgIpc) is 2.32. The van der Waals surface area contributed by atoms with Gasteiger partial charge in [-0.3, -0.25) is 0 Å². The van der Waals surface area contributed by atoms with Crippen LogP contribution in [0.1, 0.15) is 0 Å². The third kappa shape index (κ3) is 2.57. The lowest BCUT2D eigenvalue weighted by Gasteiger charge is -2.10. The van der Waals surface area contributed by atoms with Gasteiger partial charge in [-0.05, 0) is 12.1 Å². The van der Waals surface area contributed by atoms with E-state index in [1.165, 1.54) is 13.3 Å². The summed E-state index contributed by atoms with van der Waals surface area (Å²) < 4.78 is 5.02. The van der Waals surface area contributed by atoms with Gasteiger partial charge in [0.25, 0.3) is 0 Å². The fraction of sp³-hybridized carbons (Fsp3) is 0.0833. The zero-order chi connectivity index (χ0) is 12.3. The molecule has 88 valence electrons. The van der Waals surface area contributed by atoms with Gasteiger partial charge in [0.05, 0.1) is 24.7 Å². The van der Waals surface area contributed by atoms with Crippen LogP contribution in [0.5, 0.6) is 11.6 Å². The average molecular weight is 231 g/mol. The van der Waals surface area contributed by atoms with Crippen molar-refractivity contribution < 1.29 is 9.84 Å². The Morgan fingerprint density at radius 1 is 1.35 bits per heavy atom. The standard InChI is InChI=1S/C12H13N3O2/c1-17-12-6-11(10(13)7-14-12)15-8-3-2-4-9(16)5-8/h2-7,16H,13H2,1H3,(H,14,15). The molecule has 0 fully saturated rings. The van der Waals surface area contributed by atoms with E-state index in [9.17, 15) is 5.11 Å². The van der Waals surface area contributed by atoms with E-state index in [0.717, 1.165) is 5.69 Å². The quantitative estimate of drug-likeness (QED) is 0.754. The van der Waals surface area contributed by atoms with Gasteiger partial charge in [0.2, 0.25) is 5.88 Å². The summed E-state index contributed by atoms with van der Waals surface area (Å²) in [5.41, 5.74) is 7.72. The Morgan fingerprint density at radius 2 is 2.18 bits per heavy atom. The fourth-order valence-corrected chi connectivity index (χ4v) is 1.41. The van der Waals surface area contributed by atoms with E-state index in [2.05, 4.69) is 10.3 Å². The summed E-state index contributed by atoms with van der Waals surface area (Å²) in [4.78, 5) is 3.98. The van der Waals surface area contributed by atoms with Gasteiger partial charge in [0.15, 0.2) is 0 Å². The maximum absolute atomic E-state index is 9.35. The Labute approximate surface area is 98.9 Å². The highest BCUT2D eigenvalue weighted by molar-refractivity contribution is 5.73. The van der Waals surface area contributed by atoms with Crippen LogP contribution in [0.15, 0.2) is 36.5 Å². The predicted octanol–water partition coefficient (Wildman–Crippen LogP) is 2.12. The Morgan fingerprint density at radius 3 is 2.88 bits per heavy atom. The summed E-state index contributed by atoms with van der Waals surface area (Å²) in [5, 5.41) is 12.4. The summed E-state index contributed by atoms with van der Waals surface area (Å²) in [6.45, 7) is 0. The van der Waals surface area contributed by atoms with Crippen molar-refractivity contribution in [2.75, 3.05) is 18.2 Å². The van der Waals surface area contributed by atoms with Crippen LogP contribution in [0.2, 0.25) is 0 Å². The monoisotopic (exact) mass is 231 g/mol. The molecule has 2 aromatic rings. The Kier molecular flexibility index (Phi) is 3.00. The minimum Gasteiger partial charge on any atom is -0.508 e. The number of ether oxygens (including phenoxy) is 1. The molecule has 0 spiro atoms. The number of rotatable bonds is 3. The molecule has 17 heavy (non-hydrogen) atoms. The molecule has 4 N–H and O–H groups in total. The van der Waals surface area contributed by atoms with Crippen molar-refractivity contribution in [3.63, 3.8) is 0 Å². The molecule has 1 heterocycles. The number of phenolic OH excluding ortho intramolecular Hbond substituents is 1. The summed E-state index contributed by atoms with van der Waals surface area (Å²) in [6, 6.07) is 8.46. The summed E-state index contributed by atoms with van der Waals surface area (Å²) in [5.74, 6) is 0.663. The molecule has 1 aromatic heterocycles. The molecule has 0 saturated heterocycles. The first-order valence-electron chi connectivity index (χ1n) is 5.04.